The highest BCUT2D eigenvalue weighted by atomic mass is 16.5. The van der Waals surface area contributed by atoms with Crippen LogP contribution in [-0.4, -0.2) is 35.4 Å². The van der Waals surface area contributed by atoms with Crippen LogP contribution in [0.3, 0.4) is 0 Å². The lowest BCUT2D eigenvalue weighted by Crippen LogP contribution is -2.36. The molecule has 2 aromatic rings. The van der Waals surface area contributed by atoms with Crippen molar-refractivity contribution in [2.75, 3.05) is 24.7 Å². The number of nitrogens with two attached hydrogens (primary N) is 2. The Labute approximate surface area is 218 Å². The van der Waals surface area contributed by atoms with Crippen molar-refractivity contribution < 1.29 is 9.47 Å². The Morgan fingerprint density at radius 3 is 1.28 bits per heavy atom. The third-order valence-corrected chi connectivity index (χ3v) is 8.24. The smallest absolute Gasteiger partial charge is 0.0626 e. The molecule has 4 rings (SSSR count). The van der Waals surface area contributed by atoms with Gasteiger partial charge in [-0.05, 0) is 98.3 Å². The van der Waals surface area contributed by atoms with Gasteiger partial charge in [0.1, 0.15) is 0 Å². The zero-order valence-corrected chi connectivity index (χ0v) is 23.2. The molecule has 0 aromatic carbocycles. The molecule has 0 aliphatic heterocycles. The Morgan fingerprint density at radius 1 is 0.667 bits per heavy atom. The quantitative estimate of drug-likeness (QED) is 0.478. The second kappa shape index (κ2) is 13.4. The van der Waals surface area contributed by atoms with Gasteiger partial charge >= 0.3 is 0 Å². The van der Waals surface area contributed by atoms with Gasteiger partial charge in [0.2, 0.25) is 0 Å². The van der Waals surface area contributed by atoms with Crippen molar-refractivity contribution in [3.63, 3.8) is 0 Å². The maximum absolute atomic E-state index is 6.04. The van der Waals surface area contributed by atoms with Crippen LogP contribution in [0, 0.1) is 23.7 Å². The van der Waals surface area contributed by atoms with Crippen LogP contribution in [0.1, 0.15) is 90.2 Å². The van der Waals surface area contributed by atoms with Crippen molar-refractivity contribution in [3.05, 3.63) is 48.0 Å². The Kier molecular flexibility index (Phi) is 10.6. The van der Waals surface area contributed by atoms with Crippen molar-refractivity contribution in [2.45, 2.75) is 91.3 Å². The van der Waals surface area contributed by atoms with Crippen LogP contribution in [0.15, 0.2) is 36.9 Å². The average molecular weight is 497 g/mol. The van der Waals surface area contributed by atoms with Crippen LogP contribution >= 0.6 is 0 Å². The van der Waals surface area contributed by atoms with Crippen LogP contribution in [-0.2, 0) is 9.47 Å². The van der Waals surface area contributed by atoms with Crippen LogP contribution in [0.2, 0.25) is 0 Å². The normalized spacial score (nSPS) is 32.4. The topological polar surface area (TPSA) is 96.3 Å². The van der Waals surface area contributed by atoms with E-state index in [9.17, 15) is 0 Å². The average Bonchev–Trinajstić information content (AvgIpc) is 2.84. The number of rotatable bonds is 6. The van der Waals surface area contributed by atoms with E-state index in [1.165, 1.54) is 11.1 Å². The SMILES string of the molecule is CCOC1[C@H](C)CC(c2ccncc2N)C[C@@H]1C.CCOC1[C@H](C)CC(c2ccncc2N)C[C@@H]1C. The molecule has 2 heterocycles. The predicted octanol–water partition coefficient (Wildman–Crippen LogP) is 6.44. The van der Waals surface area contributed by atoms with Crippen molar-refractivity contribution >= 4 is 11.4 Å². The molecule has 0 radical (unpaired) electrons. The third kappa shape index (κ3) is 6.98. The zero-order chi connectivity index (χ0) is 26.2. The summed E-state index contributed by atoms with van der Waals surface area (Å²) in [6.45, 7) is 14.9. The fourth-order valence-electron chi connectivity index (χ4n) is 6.77. The molecule has 4 N–H and O–H groups in total. The fraction of sp³-hybridized carbons (Fsp3) is 0.667. The van der Waals surface area contributed by atoms with Crippen molar-refractivity contribution in [1.82, 2.24) is 9.97 Å². The Bertz CT molecular complexity index is 839. The summed E-state index contributed by atoms with van der Waals surface area (Å²) in [5.74, 6) is 3.46. The summed E-state index contributed by atoms with van der Waals surface area (Å²) >= 11 is 0. The van der Waals surface area contributed by atoms with E-state index in [2.05, 4.69) is 63.6 Å². The molecule has 36 heavy (non-hydrogen) atoms. The number of ether oxygens (including phenoxy) is 2. The maximum atomic E-state index is 6.04. The maximum Gasteiger partial charge on any atom is 0.0626 e. The van der Waals surface area contributed by atoms with E-state index in [1.807, 2.05) is 12.4 Å². The molecule has 4 unspecified atom stereocenters. The van der Waals surface area contributed by atoms with Crippen molar-refractivity contribution in [2.24, 2.45) is 23.7 Å². The fourth-order valence-corrected chi connectivity index (χ4v) is 6.77. The molecule has 0 amide bonds. The number of aromatic nitrogens is 2. The Morgan fingerprint density at radius 2 is 1.00 bits per heavy atom. The second-order valence-corrected chi connectivity index (χ2v) is 11.1. The number of anilines is 2. The molecule has 2 aliphatic carbocycles. The lowest BCUT2D eigenvalue weighted by atomic mass is 9.72. The number of nitrogens with zero attached hydrogens (tertiary/aromatic N) is 2. The molecule has 0 bridgehead atoms. The van der Waals surface area contributed by atoms with Gasteiger partial charge in [-0.2, -0.15) is 0 Å². The van der Waals surface area contributed by atoms with Crippen LogP contribution in [0.5, 0.6) is 0 Å². The van der Waals surface area contributed by atoms with Crippen molar-refractivity contribution in [3.8, 4) is 0 Å². The molecule has 2 fully saturated rings. The monoisotopic (exact) mass is 496 g/mol. The standard InChI is InChI=1S/2C15H24N2O/c2*1-4-18-15-10(2)7-12(8-11(15)3)13-5-6-17-9-14(13)16/h2*5-6,9-12,15H,4,7-8,16H2,1-3H3/t2*10-,11+,12?,15?. The van der Waals surface area contributed by atoms with Gasteiger partial charge < -0.3 is 20.9 Å². The highest BCUT2D eigenvalue weighted by molar-refractivity contribution is 5.47. The van der Waals surface area contributed by atoms with Crippen LogP contribution < -0.4 is 11.5 Å². The van der Waals surface area contributed by atoms with Gasteiger partial charge in [-0.25, -0.2) is 0 Å². The van der Waals surface area contributed by atoms with E-state index < -0.39 is 0 Å². The van der Waals surface area contributed by atoms with Gasteiger partial charge in [-0.3, -0.25) is 9.97 Å². The van der Waals surface area contributed by atoms with E-state index in [0.29, 0.717) is 47.7 Å². The van der Waals surface area contributed by atoms with Gasteiger partial charge in [0.05, 0.1) is 36.0 Å². The first-order valence-corrected chi connectivity index (χ1v) is 13.9. The van der Waals surface area contributed by atoms with Crippen molar-refractivity contribution in [1.29, 1.82) is 0 Å². The first-order chi connectivity index (χ1) is 17.3. The van der Waals surface area contributed by atoms with Gasteiger partial charge in [0.25, 0.3) is 0 Å². The summed E-state index contributed by atoms with van der Waals surface area (Å²) < 4.78 is 11.8. The molecule has 2 aliphatic rings. The summed E-state index contributed by atoms with van der Waals surface area (Å²) in [6, 6.07) is 4.14. The minimum Gasteiger partial charge on any atom is -0.397 e. The third-order valence-electron chi connectivity index (χ3n) is 8.24. The molecule has 0 saturated heterocycles. The highest BCUT2D eigenvalue weighted by Crippen LogP contribution is 2.43. The molecule has 2 aromatic heterocycles. The second-order valence-electron chi connectivity index (χ2n) is 11.1. The molecule has 0 spiro atoms. The lowest BCUT2D eigenvalue weighted by Gasteiger charge is -2.39. The summed E-state index contributed by atoms with van der Waals surface area (Å²) in [7, 11) is 0. The van der Waals surface area contributed by atoms with E-state index in [4.69, 9.17) is 20.9 Å². The summed E-state index contributed by atoms with van der Waals surface area (Å²) in [6.07, 6.45) is 12.6. The summed E-state index contributed by atoms with van der Waals surface area (Å²) in [5.41, 5.74) is 16.3. The van der Waals surface area contributed by atoms with Crippen LogP contribution in [0.25, 0.3) is 0 Å². The Hall–Kier alpha value is -2.18. The van der Waals surface area contributed by atoms with E-state index in [1.54, 1.807) is 12.4 Å². The molecule has 200 valence electrons. The zero-order valence-electron chi connectivity index (χ0n) is 23.2. The van der Waals surface area contributed by atoms with Crippen LogP contribution in [0.4, 0.5) is 11.4 Å². The largest absolute Gasteiger partial charge is 0.397 e. The summed E-state index contributed by atoms with van der Waals surface area (Å²) in [4.78, 5) is 8.15. The van der Waals surface area contributed by atoms with E-state index >= 15 is 0 Å². The number of hydrogen-bond acceptors (Lipinski definition) is 6. The van der Waals surface area contributed by atoms with Gasteiger partial charge in [0, 0.05) is 25.6 Å². The lowest BCUT2D eigenvalue weighted by molar-refractivity contribution is -0.0369. The first-order valence-electron chi connectivity index (χ1n) is 13.9. The number of pyridine rings is 2. The number of hydrogen-bond donors (Lipinski definition) is 2. The van der Waals surface area contributed by atoms with E-state index in [-0.39, 0.29) is 0 Å². The molecule has 8 atom stereocenters. The first kappa shape index (κ1) is 28.4. The number of nitrogen functional groups attached to an aromatic ring is 2. The highest BCUT2D eigenvalue weighted by Gasteiger charge is 2.35. The van der Waals surface area contributed by atoms with Gasteiger partial charge in [-0.15, -0.1) is 0 Å². The Balaban J connectivity index is 0.000000201. The molecule has 6 nitrogen and oxygen atoms in total. The van der Waals surface area contributed by atoms with E-state index in [0.717, 1.165) is 50.3 Å². The molecular formula is C30H48N4O2. The minimum absolute atomic E-state index is 0.398. The molecular weight excluding hydrogens is 448 g/mol. The molecule has 2 saturated carbocycles. The van der Waals surface area contributed by atoms with Gasteiger partial charge in [0.15, 0.2) is 0 Å². The minimum atomic E-state index is 0.398. The summed E-state index contributed by atoms with van der Waals surface area (Å²) in [5, 5.41) is 0. The predicted molar refractivity (Wildman–Crippen MR) is 149 cm³/mol. The molecule has 6 heteroatoms. The van der Waals surface area contributed by atoms with Gasteiger partial charge in [-0.1, -0.05) is 27.7 Å².